The molecule has 2 fully saturated rings. The third kappa shape index (κ3) is 2.13. The number of fused-ring (bicyclic) bond motifs is 3. The molecule has 3 atom stereocenters. The first kappa shape index (κ1) is 12.1. The number of ether oxygens (including phenoxy) is 2. The van der Waals surface area contributed by atoms with Crippen LogP contribution in [0.5, 0.6) is 11.5 Å². The zero-order chi connectivity index (χ0) is 13.5. The first-order valence-corrected chi connectivity index (χ1v) is 7.47. The van der Waals surface area contributed by atoms with Crippen LogP contribution in [0.3, 0.4) is 0 Å². The molecule has 1 amide bonds. The lowest BCUT2D eigenvalue weighted by atomic mass is 9.86. The summed E-state index contributed by atoms with van der Waals surface area (Å²) in [6.45, 7) is 0.262. The van der Waals surface area contributed by atoms with Gasteiger partial charge in [0.2, 0.25) is 12.7 Å². The van der Waals surface area contributed by atoms with Crippen LogP contribution in [-0.2, 0) is 4.79 Å². The quantitative estimate of drug-likeness (QED) is 0.920. The number of nitrogens with one attached hydrogen (secondary N) is 1. The molecule has 4 nitrogen and oxygen atoms in total. The van der Waals surface area contributed by atoms with Crippen LogP contribution in [0.25, 0.3) is 0 Å². The van der Waals surface area contributed by atoms with E-state index in [0.717, 1.165) is 23.3 Å². The summed E-state index contributed by atoms with van der Waals surface area (Å²) in [5, 5.41) is 2.98. The molecule has 1 N–H and O–H groups in total. The molecule has 0 spiro atoms. The van der Waals surface area contributed by atoms with Gasteiger partial charge in [0.25, 0.3) is 0 Å². The summed E-state index contributed by atoms with van der Waals surface area (Å²) in [7, 11) is 0. The predicted octanol–water partition coefficient (Wildman–Crippen LogP) is 3.18. The van der Waals surface area contributed by atoms with Crippen LogP contribution in [-0.4, -0.2) is 12.7 Å². The number of hydrogen-bond donors (Lipinski definition) is 1. The number of benzene rings is 1. The van der Waals surface area contributed by atoms with E-state index >= 15 is 0 Å². The molecule has 0 unspecified atom stereocenters. The first-order chi connectivity index (χ1) is 9.78. The lowest BCUT2D eigenvalue weighted by Gasteiger charge is -2.20. The molecule has 1 aliphatic heterocycles. The van der Waals surface area contributed by atoms with Crippen molar-refractivity contribution in [2.75, 3.05) is 12.1 Å². The van der Waals surface area contributed by atoms with E-state index in [1.54, 1.807) is 0 Å². The average Bonchev–Trinajstić information content (AvgIpc) is 3.13. The fourth-order valence-corrected chi connectivity index (χ4v) is 4.05. The summed E-state index contributed by atoms with van der Waals surface area (Å²) in [6, 6.07) is 5.54. The minimum atomic E-state index is 0.126. The number of carbonyl (C=O) groups is 1. The SMILES string of the molecule is O=C(C[C@@H]1C[C@H]2CC[C@@H]1C2)Nc1ccc2c(c1)OCO2. The normalized spacial score (nSPS) is 29.7. The summed E-state index contributed by atoms with van der Waals surface area (Å²) in [4.78, 5) is 12.2. The minimum absolute atomic E-state index is 0.126. The second kappa shape index (κ2) is 4.69. The molecule has 0 radical (unpaired) electrons. The fourth-order valence-electron chi connectivity index (χ4n) is 4.05. The van der Waals surface area contributed by atoms with Crippen LogP contribution in [0.15, 0.2) is 18.2 Å². The zero-order valence-electron chi connectivity index (χ0n) is 11.4. The summed E-state index contributed by atoms with van der Waals surface area (Å²) >= 11 is 0. The molecule has 0 saturated heterocycles. The molecule has 2 bridgehead atoms. The second-order valence-corrected chi connectivity index (χ2v) is 6.26. The van der Waals surface area contributed by atoms with Crippen molar-refractivity contribution in [3.63, 3.8) is 0 Å². The summed E-state index contributed by atoms with van der Waals surface area (Å²) in [5.74, 6) is 3.87. The first-order valence-electron chi connectivity index (χ1n) is 7.47. The third-order valence-electron chi connectivity index (χ3n) is 4.99. The van der Waals surface area contributed by atoms with Crippen LogP contribution in [0.4, 0.5) is 5.69 Å². The zero-order valence-corrected chi connectivity index (χ0v) is 11.4. The summed E-state index contributed by atoms with van der Waals surface area (Å²) < 4.78 is 10.6. The van der Waals surface area contributed by atoms with Crippen LogP contribution >= 0.6 is 0 Å². The molecule has 4 rings (SSSR count). The lowest BCUT2D eigenvalue weighted by molar-refractivity contribution is -0.117. The van der Waals surface area contributed by atoms with Crippen molar-refractivity contribution in [1.82, 2.24) is 0 Å². The Morgan fingerprint density at radius 3 is 2.90 bits per heavy atom. The standard InChI is InChI=1S/C16H19NO3/c18-16(7-12-6-10-1-2-11(12)5-10)17-13-3-4-14-15(8-13)20-9-19-14/h3-4,8,10-12H,1-2,5-7,9H2,(H,17,18)/t10-,11+,12-/m0/s1. The maximum atomic E-state index is 12.2. The molecule has 4 heteroatoms. The Hall–Kier alpha value is -1.71. The average molecular weight is 273 g/mol. The Morgan fingerprint density at radius 2 is 2.10 bits per heavy atom. The Morgan fingerprint density at radius 1 is 1.20 bits per heavy atom. The van der Waals surface area contributed by atoms with Gasteiger partial charge in [-0.3, -0.25) is 4.79 Å². The van der Waals surface area contributed by atoms with Gasteiger partial charge >= 0.3 is 0 Å². The molecule has 0 aromatic heterocycles. The Kier molecular flexibility index (Phi) is 2.83. The van der Waals surface area contributed by atoms with Crippen LogP contribution in [0.2, 0.25) is 0 Å². The topological polar surface area (TPSA) is 47.6 Å². The van der Waals surface area contributed by atoms with E-state index in [1.807, 2.05) is 18.2 Å². The van der Waals surface area contributed by atoms with Crippen molar-refractivity contribution in [1.29, 1.82) is 0 Å². The van der Waals surface area contributed by atoms with E-state index < -0.39 is 0 Å². The monoisotopic (exact) mass is 273 g/mol. The summed E-state index contributed by atoms with van der Waals surface area (Å²) in [6.07, 6.45) is 5.97. The van der Waals surface area contributed by atoms with Gasteiger partial charge in [-0.2, -0.15) is 0 Å². The van der Waals surface area contributed by atoms with E-state index in [2.05, 4.69) is 5.32 Å². The van der Waals surface area contributed by atoms with Crippen LogP contribution < -0.4 is 14.8 Å². The Balaban J connectivity index is 1.38. The van der Waals surface area contributed by atoms with E-state index in [4.69, 9.17) is 9.47 Å². The molecule has 1 aromatic rings. The number of amides is 1. The number of hydrogen-bond acceptors (Lipinski definition) is 3. The van der Waals surface area contributed by atoms with Gasteiger partial charge in [-0.1, -0.05) is 6.42 Å². The number of rotatable bonds is 3. The van der Waals surface area contributed by atoms with E-state index in [9.17, 15) is 4.79 Å². The van der Waals surface area contributed by atoms with Crippen molar-refractivity contribution in [2.45, 2.75) is 32.1 Å². The molecule has 106 valence electrons. The van der Waals surface area contributed by atoms with Gasteiger partial charge in [-0.25, -0.2) is 0 Å². The molecular weight excluding hydrogens is 254 g/mol. The Labute approximate surface area is 118 Å². The molecule has 20 heavy (non-hydrogen) atoms. The molecule has 2 saturated carbocycles. The lowest BCUT2D eigenvalue weighted by Crippen LogP contribution is -2.20. The third-order valence-corrected chi connectivity index (χ3v) is 4.99. The largest absolute Gasteiger partial charge is 0.454 e. The van der Waals surface area contributed by atoms with E-state index in [1.165, 1.54) is 25.7 Å². The van der Waals surface area contributed by atoms with Gasteiger partial charge in [0.15, 0.2) is 11.5 Å². The highest BCUT2D eigenvalue weighted by Crippen LogP contribution is 2.49. The van der Waals surface area contributed by atoms with E-state index in [0.29, 0.717) is 18.1 Å². The number of anilines is 1. The summed E-state index contributed by atoms with van der Waals surface area (Å²) in [5.41, 5.74) is 0.794. The highest BCUT2D eigenvalue weighted by atomic mass is 16.7. The molecular formula is C16H19NO3. The van der Waals surface area contributed by atoms with Crippen molar-refractivity contribution in [3.05, 3.63) is 18.2 Å². The van der Waals surface area contributed by atoms with Gasteiger partial charge in [-0.15, -0.1) is 0 Å². The van der Waals surface area contributed by atoms with Gasteiger partial charge in [0, 0.05) is 18.2 Å². The van der Waals surface area contributed by atoms with Gasteiger partial charge in [0.1, 0.15) is 0 Å². The number of carbonyl (C=O) groups excluding carboxylic acids is 1. The second-order valence-electron chi connectivity index (χ2n) is 6.26. The fraction of sp³-hybridized carbons (Fsp3) is 0.562. The molecule has 1 heterocycles. The maximum Gasteiger partial charge on any atom is 0.231 e. The highest BCUT2D eigenvalue weighted by Gasteiger charge is 2.40. The van der Waals surface area contributed by atoms with Crippen LogP contribution in [0, 0.1) is 17.8 Å². The maximum absolute atomic E-state index is 12.2. The van der Waals surface area contributed by atoms with Gasteiger partial charge in [0.05, 0.1) is 0 Å². The van der Waals surface area contributed by atoms with Gasteiger partial charge < -0.3 is 14.8 Å². The van der Waals surface area contributed by atoms with E-state index in [-0.39, 0.29) is 12.7 Å². The molecule has 1 aromatic carbocycles. The van der Waals surface area contributed by atoms with Gasteiger partial charge in [-0.05, 0) is 49.1 Å². The van der Waals surface area contributed by atoms with Crippen molar-refractivity contribution in [3.8, 4) is 11.5 Å². The van der Waals surface area contributed by atoms with Crippen LogP contribution in [0.1, 0.15) is 32.1 Å². The highest BCUT2D eigenvalue weighted by molar-refractivity contribution is 5.91. The molecule has 3 aliphatic rings. The van der Waals surface area contributed by atoms with Crippen molar-refractivity contribution < 1.29 is 14.3 Å². The Bertz CT molecular complexity index is 543. The molecule has 2 aliphatic carbocycles. The predicted molar refractivity (Wildman–Crippen MR) is 74.7 cm³/mol. The van der Waals surface area contributed by atoms with Crippen molar-refractivity contribution in [2.24, 2.45) is 17.8 Å². The minimum Gasteiger partial charge on any atom is -0.454 e. The van der Waals surface area contributed by atoms with Crippen molar-refractivity contribution >= 4 is 11.6 Å². The smallest absolute Gasteiger partial charge is 0.231 e.